The molecule has 0 saturated heterocycles. The summed E-state index contributed by atoms with van der Waals surface area (Å²) in [6, 6.07) is 17.0. The van der Waals surface area contributed by atoms with Crippen LogP contribution >= 0.6 is 11.6 Å². The summed E-state index contributed by atoms with van der Waals surface area (Å²) >= 11 is 5.90. The maximum atomic E-state index is 12.2. The van der Waals surface area contributed by atoms with Crippen molar-refractivity contribution in [1.29, 1.82) is 0 Å². The van der Waals surface area contributed by atoms with E-state index in [4.69, 9.17) is 16.3 Å². The van der Waals surface area contributed by atoms with Gasteiger partial charge in [0.05, 0.1) is 6.04 Å². The first-order valence-electron chi connectivity index (χ1n) is 7.77. The van der Waals surface area contributed by atoms with Crippen LogP contribution < -0.4 is 10.1 Å². The predicted octanol–water partition coefficient (Wildman–Crippen LogP) is 4.62. The summed E-state index contributed by atoms with van der Waals surface area (Å²) in [6.45, 7) is 4.26. The van der Waals surface area contributed by atoms with Crippen LogP contribution in [-0.2, 0) is 4.79 Å². The molecule has 0 spiro atoms. The largest absolute Gasteiger partial charge is 0.484 e. The smallest absolute Gasteiger partial charge is 0.258 e. The van der Waals surface area contributed by atoms with Crippen LogP contribution in [0.15, 0.2) is 54.6 Å². The van der Waals surface area contributed by atoms with Crippen molar-refractivity contribution in [2.75, 3.05) is 6.61 Å². The number of amides is 1. The zero-order valence-electron chi connectivity index (χ0n) is 13.5. The lowest BCUT2D eigenvalue weighted by atomic mass is 9.97. The summed E-state index contributed by atoms with van der Waals surface area (Å²) in [5.74, 6) is 0.932. The molecule has 0 aliphatic rings. The highest BCUT2D eigenvalue weighted by molar-refractivity contribution is 6.30. The molecule has 0 fully saturated rings. The molecular weight excluding hydrogens is 310 g/mol. The summed E-state index contributed by atoms with van der Waals surface area (Å²) in [4.78, 5) is 12.2. The van der Waals surface area contributed by atoms with E-state index in [0.717, 1.165) is 12.0 Å². The second-order valence-electron chi connectivity index (χ2n) is 5.91. The Morgan fingerprint density at radius 1 is 1.13 bits per heavy atom. The molecule has 3 nitrogen and oxygen atoms in total. The Hall–Kier alpha value is -2.00. The Labute approximate surface area is 142 Å². The van der Waals surface area contributed by atoms with Crippen LogP contribution in [0.4, 0.5) is 0 Å². The number of rotatable bonds is 7. The van der Waals surface area contributed by atoms with Crippen molar-refractivity contribution < 1.29 is 9.53 Å². The Morgan fingerprint density at radius 3 is 2.52 bits per heavy atom. The molecule has 0 aliphatic heterocycles. The third kappa shape index (κ3) is 5.95. The molecule has 0 radical (unpaired) electrons. The van der Waals surface area contributed by atoms with Crippen LogP contribution in [0.1, 0.15) is 31.9 Å². The van der Waals surface area contributed by atoms with E-state index in [2.05, 4.69) is 19.2 Å². The number of ether oxygens (including phenoxy) is 1. The van der Waals surface area contributed by atoms with E-state index in [1.54, 1.807) is 24.3 Å². The van der Waals surface area contributed by atoms with E-state index in [1.165, 1.54) is 0 Å². The number of carbonyl (C=O) groups is 1. The Morgan fingerprint density at radius 2 is 1.87 bits per heavy atom. The van der Waals surface area contributed by atoms with Crippen molar-refractivity contribution in [3.8, 4) is 5.75 Å². The average Bonchev–Trinajstić information content (AvgIpc) is 2.53. The molecule has 0 heterocycles. The molecule has 122 valence electrons. The summed E-state index contributed by atoms with van der Waals surface area (Å²) in [6.07, 6.45) is 0.882. The Bertz CT molecular complexity index is 628. The van der Waals surface area contributed by atoms with Gasteiger partial charge < -0.3 is 10.1 Å². The van der Waals surface area contributed by atoms with Crippen LogP contribution in [0.3, 0.4) is 0 Å². The van der Waals surface area contributed by atoms with Gasteiger partial charge in [0.1, 0.15) is 5.75 Å². The SMILES string of the molecule is CC(C)CC(NC(=O)COc1cccc(Cl)c1)c1ccccc1. The van der Waals surface area contributed by atoms with E-state index in [9.17, 15) is 4.79 Å². The first-order chi connectivity index (χ1) is 11.0. The van der Waals surface area contributed by atoms with Crippen molar-refractivity contribution in [2.45, 2.75) is 26.3 Å². The van der Waals surface area contributed by atoms with Crippen LogP contribution in [0.25, 0.3) is 0 Å². The second-order valence-corrected chi connectivity index (χ2v) is 6.34. The zero-order valence-corrected chi connectivity index (χ0v) is 14.2. The fourth-order valence-electron chi connectivity index (χ4n) is 2.38. The van der Waals surface area contributed by atoms with Crippen molar-refractivity contribution in [2.24, 2.45) is 5.92 Å². The normalized spacial score (nSPS) is 12.0. The van der Waals surface area contributed by atoms with Crippen molar-refractivity contribution >= 4 is 17.5 Å². The standard InChI is InChI=1S/C19H22ClNO2/c1-14(2)11-18(15-7-4-3-5-8-15)21-19(22)13-23-17-10-6-9-16(20)12-17/h3-10,12,14,18H,11,13H2,1-2H3,(H,21,22). The minimum Gasteiger partial charge on any atom is -0.484 e. The molecule has 2 rings (SSSR count). The minimum absolute atomic E-state index is 0.00772. The average molecular weight is 332 g/mol. The summed E-state index contributed by atoms with van der Waals surface area (Å²) in [7, 11) is 0. The van der Waals surface area contributed by atoms with Gasteiger partial charge in [-0.25, -0.2) is 0 Å². The quantitative estimate of drug-likeness (QED) is 0.803. The van der Waals surface area contributed by atoms with Gasteiger partial charge in [0.15, 0.2) is 6.61 Å². The summed E-state index contributed by atoms with van der Waals surface area (Å²) in [5.41, 5.74) is 1.11. The van der Waals surface area contributed by atoms with E-state index in [0.29, 0.717) is 16.7 Å². The molecule has 4 heteroatoms. The molecule has 0 aromatic heterocycles. The maximum Gasteiger partial charge on any atom is 0.258 e. The third-order valence-corrected chi connectivity index (χ3v) is 3.65. The highest BCUT2D eigenvalue weighted by Crippen LogP contribution is 2.21. The van der Waals surface area contributed by atoms with Crippen LogP contribution in [0.5, 0.6) is 5.75 Å². The topological polar surface area (TPSA) is 38.3 Å². The lowest BCUT2D eigenvalue weighted by Gasteiger charge is -2.21. The lowest BCUT2D eigenvalue weighted by Crippen LogP contribution is -2.33. The first kappa shape index (κ1) is 17.4. The maximum absolute atomic E-state index is 12.2. The van der Waals surface area contributed by atoms with Gasteiger partial charge in [-0.05, 0) is 36.1 Å². The van der Waals surface area contributed by atoms with E-state index < -0.39 is 0 Å². The van der Waals surface area contributed by atoms with Gasteiger partial charge in [0.2, 0.25) is 0 Å². The molecule has 2 aromatic carbocycles. The molecule has 0 aliphatic carbocycles. The number of hydrogen-bond acceptors (Lipinski definition) is 2. The molecule has 1 atom stereocenters. The van der Waals surface area contributed by atoms with Gasteiger partial charge in [0.25, 0.3) is 5.91 Å². The van der Waals surface area contributed by atoms with Gasteiger partial charge in [-0.2, -0.15) is 0 Å². The van der Waals surface area contributed by atoms with Crippen LogP contribution in [0.2, 0.25) is 5.02 Å². The van der Waals surface area contributed by atoms with Crippen molar-refractivity contribution in [3.63, 3.8) is 0 Å². The fraction of sp³-hybridized carbons (Fsp3) is 0.316. The molecule has 1 unspecified atom stereocenters. The molecule has 0 bridgehead atoms. The van der Waals surface area contributed by atoms with Gasteiger partial charge in [-0.1, -0.05) is 61.8 Å². The molecule has 2 aromatic rings. The predicted molar refractivity (Wildman–Crippen MR) is 93.7 cm³/mol. The summed E-state index contributed by atoms with van der Waals surface area (Å²) in [5, 5.41) is 3.64. The number of nitrogens with one attached hydrogen (secondary N) is 1. The zero-order chi connectivity index (χ0) is 16.7. The highest BCUT2D eigenvalue weighted by atomic mass is 35.5. The van der Waals surface area contributed by atoms with E-state index in [-0.39, 0.29) is 18.6 Å². The van der Waals surface area contributed by atoms with Crippen molar-refractivity contribution in [1.82, 2.24) is 5.32 Å². The Balaban J connectivity index is 1.95. The molecule has 23 heavy (non-hydrogen) atoms. The first-order valence-corrected chi connectivity index (χ1v) is 8.15. The number of benzene rings is 2. The fourth-order valence-corrected chi connectivity index (χ4v) is 2.56. The van der Waals surface area contributed by atoms with E-state index >= 15 is 0 Å². The Kier molecular flexibility index (Phi) is 6.48. The monoisotopic (exact) mass is 331 g/mol. The second kappa shape index (κ2) is 8.59. The van der Waals surface area contributed by atoms with Crippen molar-refractivity contribution in [3.05, 3.63) is 65.2 Å². The third-order valence-electron chi connectivity index (χ3n) is 3.41. The van der Waals surface area contributed by atoms with Crippen LogP contribution in [-0.4, -0.2) is 12.5 Å². The lowest BCUT2D eigenvalue weighted by molar-refractivity contribution is -0.124. The van der Waals surface area contributed by atoms with Crippen LogP contribution in [0, 0.1) is 5.92 Å². The number of halogens is 1. The molecule has 1 N–H and O–H groups in total. The summed E-state index contributed by atoms with van der Waals surface area (Å²) < 4.78 is 5.49. The van der Waals surface area contributed by atoms with E-state index in [1.807, 2.05) is 30.3 Å². The highest BCUT2D eigenvalue weighted by Gasteiger charge is 2.16. The molecular formula is C19H22ClNO2. The van der Waals surface area contributed by atoms with Gasteiger partial charge in [0, 0.05) is 5.02 Å². The van der Waals surface area contributed by atoms with Gasteiger partial charge >= 0.3 is 0 Å². The number of carbonyl (C=O) groups excluding carboxylic acids is 1. The molecule has 1 amide bonds. The number of hydrogen-bond donors (Lipinski definition) is 1. The van der Waals surface area contributed by atoms with Gasteiger partial charge in [-0.3, -0.25) is 4.79 Å². The molecule has 0 saturated carbocycles. The minimum atomic E-state index is -0.139. The van der Waals surface area contributed by atoms with Gasteiger partial charge in [-0.15, -0.1) is 0 Å².